The Kier molecular flexibility index (Phi) is 13.9. The molecule has 0 unspecified atom stereocenters. The van der Waals surface area contributed by atoms with E-state index in [1.54, 1.807) is 0 Å². The SMILES string of the molecule is c1ccc(-c2ccc(-c3ccc(-c4c5ccccc5c(-c5ccc(-c6cccc7c(-c8cccc(-c9cc(-c%10ccccc%10)cc(-c%10c%11ccccc%11c(-c%11ccc(-c%12cccc%13ccccc%12%13)nc%11)c%11ccccc%10%11)c9)c8)cccc67)nc5)c5ccccc45)cc3)cc2)cc1. The highest BCUT2D eigenvalue weighted by Crippen LogP contribution is 2.48. The third-order valence-electron chi connectivity index (χ3n) is 19.6. The second-order valence-electron chi connectivity index (χ2n) is 25.0. The van der Waals surface area contributed by atoms with Crippen LogP contribution in [0.15, 0.2) is 364 Å². The van der Waals surface area contributed by atoms with Gasteiger partial charge in [-0.3, -0.25) is 9.97 Å². The van der Waals surface area contributed by atoms with E-state index in [2.05, 4.69) is 364 Å². The minimum absolute atomic E-state index is 0.931. The molecular weight excluding hydrogens is 1160 g/mol. The summed E-state index contributed by atoms with van der Waals surface area (Å²) in [5.41, 5.74) is 25.2. The van der Waals surface area contributed by atoms with Gasteiger partial charge in [0.2, 0.25) is 0 Å². The van der Waals surface area contributed by atoms with E-state index in [9.17, 15) is 0 Å². The van der Waals surface area contributed by atoms with Gasteiger partial charge in [-0.1, -0.05) is 315 Å². The zero-order valence-corrected chi connectivity index (χ0v) is 52.5. The van der Waals surface area contributed by atoms with Crippen LogP contribution in [0.2, 0.25) is 0 Å². The van der Waals surface area contributed by atoms with Gasteiger partial charge in [0.05, 0.1) is 11.4 Å². The van der Waals surface area contributed by atoms with E-state index in [4.69, 9.17) is 9.97 Å². The van der Waals surface area contributed by atoms with E-state index in [1.807, 2.05) is 0 Å². The minimum atomic E-state index is 0.931. The van der Waals surface area contributed by atoms with Gasteiger partial charge >= 0.3 is 0 Å². The summed E-state index contributed by atoms with van der Waals surface area (Å²) < 4.78 is 0. The van der Waals surface area contributed by atoms with Crippen LogP contribution in [0.5, 0.6) is 0 Å². The van der Waals surface area contributed by atoms with E-state index >= 15 is 0 Å². The van der Waals surface area contributed by atoms with E-state index in [0.29, 0.717) is 0 Å². The molecule has 2 heteroatoms. The van der Waals surface area contributed by atoms with Gasteiger partial charge in [-0.25, -0.2) is 0 Å². The van der Waals surface area contributed by atoms with Gasteiger partial charge in [0.25, 0.3) is 0 Å². The molecule has 446 valence electrons. The van der Waals surface area contributed by atoms with Crippen molar-refractivity contribution in [2.24, 2.45) is 0 Å². The van der Waals surface area contributed by atoms with Crippen molar-refractivity contribution in [3.05, 3.63) is 364 Å². The molecule has 0 aliphatic heterocycles. The lowest BCUT2D eigenvalue weighted by molar-refractivity contribution is 1.34. The van der Waals surface area contributed by atoms with Gasteiger partial charge in [0.1, 0.15) is 0 Å². The van der Waals surface area contributed by atoms with Gasteiger partial charge in [0.15, 0.2) is 0 Å². The molecule has 0 saturated carbocycles. The number of benzene rings is 16. The van der Waals surface area contributed by atoms with Gasteiger partial charge in [-0.2, -0.15) is 0 Å². The lowest BCUT2D eigenvalue weighted by Gasteiger charge is -2.19. The molecule has 0 aliphatic rings. The highest BCUT2D eigenvalue weighted by molar-refractivity contribution is 6.23. The third kappa shape index (κ3) is 9.91. The topological polar surface area (TPSA) is 25.8 Å². The van der Waals surface area contributed by atoms with Crippen molar-refractivity contribution in [1.82, 2.24) is 9.97 Å². The van der Waals surface area contributed by atoms with Crippen LogP contribution in [0.1, 0.15) is 0 Å². The van der Waals surface area contributed by atoms with E-state index in [0.717, 1.165) is 66.8 Å². The maximum atomic E-state index is 5.33. The zero-order valence-electron chi connectivity index (χ0n) is 52.5. The second-order valence-corrected chi connectivity index (χ2v) is 25.0. The smallest absolute Gasteiger partial charge is 0.0708 e. The molecule has 0 radical (unpaired) electrons. The molecule has 2 nitrogen and oxygen atoms in total. The number of aromatic nitrogens is 2. The van der Waals surface area contributed by atoms with Gasteiger partial charge in [-0.15, -0.1) is 0 Å². The zero-order chi connectivity index (χ0) is 63.5. The molecule has 2 aromatic heterocycles. The Bertz CT molecular complexity index is 5890. The molecule has 0 amide bonds. The van der Waals surface area contributed by atoms with E-state index < -0.39 is 0 Å². The van der Waals surface area contributed by atoms with Crippen molar-refractivity contribution < 1.29 is 0 Å². The van der Waals surface area contributed by atoms with Gasteiger partial charge < -0.3 is 0 Å². The first-order valence-electron chi connectivity index (χ1n) is 33.0. The Morgan fingerprint density at radius 1 is 0.146 bits per heavy atom. The summed E-state index contributed by atoms with van der Waals surface area (Å²) in [4.78, 5) is 10.5. The summed E-state index contributed by atoms with van der Waals surface area (Å²) >= 11 is 0. The molecule has 18 aromatic rings. The summed E-state index contributed by atoms with van der Waals surface area (Å²) in [5.74, 6) is 0. The van der Waals surface area contributed by atoms with E-state index in [1.165, 1.54) is 120 Å². The minimum Gasteiger partial charge on any atom is -0.256 e. The maximum absolute atomic E-state index is 5.33. The summed E-state index contributed by atoms with van der Waals surface area (Å²) in [5, 5.41) is 14.3. The first-order valence-corrected chi connectivity index (χ1v) is 33.0. The molecular formula is C94H60N2. The lowest BCUT2D eigenvalue weighted by Crippen LogP contribution is -1.93. The van der Waals surface area contributed by atoms with Crippen molar-refractivity contribution in [2.45, 2.75) is 0 Å². The predicted octanol–water partition coefficient (Wildman–Crippen LogP) is 25.7. The van der Waals surface area contributed by atoms with Crippen LogP contribution in [-0.4, -0.2) is 9.97 Å². The van der Waals surface area contributed by atoms with Crippen molar-refractivity contribution in [3.63, 3.8) is 0 Å². The fourth-order valence-electron chi connectivity index (χ4n) is 15.1. The van der Waals surface area contributed by atoms with Crippen LogP contribution in [0.25, 0.3) is 187 Å². The Hall–Kier alpha value is -12.6. The summed E-state index contributed by atoms with van der Waals surface area (Å²) in [7, 11) is 0. The van der Waals surface area contributed by atoms with Crippen LogP contribution < -0.4 is 0 Å². The number of nitrogens with zero attached hydrogens (tertiary/aromatic N) is 2. The first kappa shape index (κ1) is 56.2. The van der Waals surface area contributed by atoms with Gasteiger partial charge in [0, 0.05) is 34.6 Å². The lowest BCUT2D eigenvalue weighted by atomic mass is 9.84. The molecule has 0 bridgehead atoms. The molecule has 0 spiro atoms. The summed E-state index contributed by atoms with van der Waals surface area (Å²) in [6.07, 6.45) is 4.14. The van der Waals surface area contributed by atoms with Crippen LogP contribution >= 0.6 is 0 Å². The fourth-order valence-corrected chi connectivity index (χ4v) is 15.1. The van der Waals surface area contributed by atoms with Crippen molar-refractivity contribution in [2.75, 3.05) is 0 Å². The molecule has 16 aromatic carbocycles. The normalized spacial score (nSPS) is 11.5. The molecule has 96 heavy (non-hydrogen) atoms. The number of fused-ring (bicyclic) bond motifs is 6. The quantitative estimate of drug-likeness (QED) is 0.121. The fraction of sp³-hybridized carbons (Fsp3) is 0. The number of hydrogen-bond acceptors (Lipinski definition) is 2. The second kappa shape index (κ2) is 23.8. The average Bonchev–Trinajstić information content (AvgIpc) is 0.745. The first-order chi connectivity index (χ1) is 47.6. The molecule has 0 saturated heterocycles. The average molecular weight is 1220 g/mol. The van der Waals surface area contributed by atoms with Crippen molar-refractivity contribution >= 4 is 64.6 Å². The Morgan fingerprint density at radius 3 is 0.906 bits per heavy atom. The summed E-state index contributed by atoms with van der Waals surface area (Å²) in [6, 6.07) is 128. The van der Waals surface area contributed by atoms with Crippen LogP contribution in [0, 0.1) is 0 Å². The number of pyridine rings is 2. The molecule has 18 rings (SSSR count). The highest BCUT2D eigenvalue weighted by atomic mass is 14.7. The largest absolute Gasteiger partial charge is 0.256 e. The highest BCUT2D eigenvalue weighted by Gasteiger charge is 2.22. The maximum Gasteiger partial charge on any atom is 0.0708 e. The molecule has 0 N–H and O–H groups in total. The Labute approximate surface area is 558 Å². The third-order valence-corrected chi connectivity index (χ3v) is 19.6. The van der Waals surface area contributed by atoms with Crippen LogP contribution in [0.4, 0.5) is 0 Å². The van der Waals surface area contributed by atoms with Crippen molar-refractivity contribution in [1.29, 1.82) is 0 Å². The standard InChI is InChI=1S/C94H60N2/c1-3-21-61(22-4-1)63-43-45-64(46-44-63)65-47-49-67(50-48-65)91-81-30-9-11-32-83(81)92(84-33-12-10-31-82(84)91)71-52-54-90(96-60-71)80-42-20-39-77-76(38-19-40-78(77)80)69-28-17-27-68(55-69)73-56-72(62-23-5-2-6-24-62)57-74(58-73)94-87-36-15-13-34-85(87)93(86-35-14-16-37-88(86)94)70-51-53-89(95-59-70)79-41-18-26-66-25-7-8-29-75(66)79/h1-60H. The molecule has 0 aliphatic carbocycles. The van der Waals surface area contributed by atoms with E-state index in [-0.39, 0.29) is 0 Å². The molecule has 0 fully saturated rings. The summed E-state index contributed by atoms with van der Waals surface area (Å²) in [6.45, 7) is 0. The van der Waals surface area contributed by atoms with Crippen LogP contribution in [-0.2, 0) is 0 Å². The Morgan fingerprint density at radius 2 is 0.427 bits per heavy atom. The van der Waals surface area contributed by atoms with Crippen LogP contribution in [0.3, 0.4) is 0 Å². The Balaban J connectivity index is 0.692. The molecule has 2 heterocycles. The van der Waals surface area contributed by atoms with Gasteiger partial charge in [-0.05, 0) is 190 Å². The monoisotopic (exact) mass is 1220 g/mol. The number of hydrogen-bond donors (Lipinski definition) is 0. The predicted molar refractivity (Wildman–Crippen MR) is 407 cm³/mol. The molecule has 0 atom stereocenters. The number of rotatable bonds is 11. The van der Waals surface area contributed by atoms with Crippen molar-refractivity contribution in [3.8, 4) is 123 Å².